The molecular formula is C7H14N2O. The van der Waals surface area contributed by atoms with Crippen molar-refractivity contribution in [2.24, 2.45) is 10.7 Å². The zero-order valence-electron chi connectivity index (χ0n) is 6.50. The van der Waals surface area contributed by atoms with Gasteiger partial charge >= 0.3 is 0 Å². The smallest absolute Gasteiger partial charge is 0.144 e. The van der Waals surface area contributed by atoms with Gasteiger partial charge in [-0.05, 0) is 13.3 Å². The number of carbonyl (C=O) groups is 1. The largest absolute Gasteiger partial charge is 0.387 e. The Morgan fingerprint density at radius 2 is 2.40 bits per heavy atom. The minimum atomic E-state index is -0.286. The molecule has 0 aromatic rings. The Morgan fingerprint density at radius 3 is 2.80 bits per heavy atom. The maximum absolute atomic E-state index is 10.1. The van der Waals surface area contributed by atoms with Gasteiger partial charge in [0.05, 0.1) is 5.84 Å². The molecule has 58 valence electrons. The van der Waals surface area contributed by atoms with Crippen LogP contribution < -0.4 is 5.73 Å². The summed E-state index contributed by atoms with van der Waals surface area (Å²) in [7, 11) is 0. The Balaban J connectivity index is 3.76. The number of carbonyl (C=O) groups excluding carboxylic acids is 1. The third-order valence-electron chi connectivity index (χ3n) is 1.07. The maximum Gasteiger partial charge on any atom is 0.144 e. The minimum Gasteiger partial charge on any atom is -0.387 e. The van der Waals surface area contributed by atoms with Crippen molar-refractivity contribution in [2.45, 2.75) is 32.7 Å². The van der Waals surface area contributed by atoms with E-state index >= 15 is 0 Å². The van der Waals surface area contributed by atoms with E-state index in [-0.39, 0.29) is 6.04 Å². The zero-order chi connectivity index (χ0) is 7.98. The highest BCUT2D eigenvalue weighted by Gasteiger charge is 1.95. The van der Waals surface area contributed by atoms with Crippen LogP contribution in [-0.2, 0) is 4.79 Å². The zero-order valence-corrected chi connectivity index (χ0v) is 6.50. The Bertz CT molecular complexity index is 132. The van der Waals surface area contributed by atoms with Crippen LogP contribution in [0.2, 0.25) is 0 Å². The van der Waals surface area contributed by atoms with E-state index in [4.69, 9.17) is 5.73 Å². The molecule has 0 aliphatic carbocycles. The van der Waals surface area contributed by atoms with E-state index in [1.54, 1.807) is 6.92 Å². The van der Waals surface area contributed by atoms with Gasteiger partial charge in [0.2, 0.25) is 0 Å². The molecule has 0 saturated carbocycles. The number of amidine groups is 1. The highest BCUT2D eigenvalue weighted by Crippen LogP contribution is 1.90. The van der Waals surface area contributed by atoms with Gasteiger partial charge in [-0.15, -0.1) is 0 Å². The van der Waals surface area contributed by atoms with E-state index in [1.165, 1.54) is 0 Å². The van der Waals surface area contributed by atoms with Crippen molar-refractivity contribution in [2.75, 3.05) is 0 Å². The van der Waals surface area contributed by atoms with Crippen LogP contribution in [0.5, 0.6) is 0 Å². The molecule has 0 spiro atoms. The Morgan fingerprint density at radius 1 is 1.80 bits per heavy atom. The fourth-order valence-corrected chi connectivity index (χ4v) is 0.613. The van der Waals surface area contributed by atoms with Crippen molar-refractivity contribution < 1.29 is 4.79 Å². The van der Waals surface area contributed by atoms with Crippen molar-refractivity contribution in [3.8, 4) is 0 Å². The van der Waals surface area contributed by atoms with Gasteiger partial charge in [-0.1, -0.05) is 6.92 Å². The molecule has 0 amide bonds. The lowest BCUT2D eigenvalue weighted by Gasteiger charge is -1.98. The van der Waals surface area contributed by atoms with Crippen LogP contribution in [0.3, 0.4) is 0 Å². The SMILES string of the molecule is CCCC(N)=NC(C)C=O. The molecule has 1 unspecified atom stereocenters. The van der Waals surface area contributed by atoms with Crippen LogP contribution in [0.25, 0.3) is 0 Å². The highest BCUT2D eigenvalue weighted by molar-refractivity contribution is 5.81. The highest BCUT2D eigenvalue weighted by atomic mass is 16.1. The van der Waals surface area contributed by atoms with E-state index in [0.29, 0.717) is 5.84 Å². The van der Waals surface area contributed by atoms with Crippen molar-refractivity contribution in [3.63, 3.8) is 0 Å². The summed E-state index contributed by atoms with van der Waals surface area (Å²) in [5.41, 5.74) is 5.45. The Hall–Kier alpha value is -0.860. The van der Waals surface area contributed by atoms with Gasteiger partial charge in [-0.2, -0.15) is 0 Å². The molecule has 0 aliphatic rings. The van der Waals surface area contributed by atoms with Crippen LogP contribution in [0.1, 0.15) is 26.7 Å². The molecule has 0 bridgehead atoms. The van der Waals surface area contributed by atoms with Gasteiger partial charge in [0.25, 0.3) is 0 Å². The number of rotatable bonds is 4. The summed E-state index contributed by atoms with van der Waals surface area (Å²) in [6, 6.07) is -0.286. The van der Waals surface area contributed by atoms with E-state index in [2.05, 4.69) is 4.99 Å². The predicted molar refractivity (Wildman–Crippen MR) is 42.1 cm³/mol. The molecule has 3 nitrogen and oxygen atoms in total. The Labute approximate surface area is 61.3 Å². The third kappa shape index (κ3) is 4.06. The lowest BCUT2D eigenvalue weighted by molar-refractivity contribution is -0.108. The average Bonchev–Trinajstić information content (AvgIpc) is 1.88. The molecule has 0 saturated heterocycles. The van der Waals surface area contributed by atoms with Crippen LogP contribution in [0.15, 0.2) is 4.99 Å². The maximum atomic E-state index is 10.1. The number of hydrogen-bond acceptors (Lipinski definition) is 2. The molecule has 0 radical (unpaired) electrons. The van der Waals surface area contributed by atoms with E-state index in [1.807, 2.05) is 6.92 Å². The van der Waals surface area contributed by atoms with Gasteiger partial charge in [0, 0.05) is 6.42 Å². The van der Waals surface area contributed by atoms with Gasteiger partial charge in [-0.3, -0.25) is 4.99 Å². The second kappa shape index (κ2) is 4.97. The summed E-state index contributed by atoms with van der Waals surface area (Å²) >= 11 is 0. The number of nitrogens with two attached hydrogens (primary N) is 1. The molecule has 0 aromatic heterocycles. The number of nitrogens with zero attached hydrogens (tertiary/aromatic N) is 1. The summed E-state index contributed by atoms with van der Waals surface area (Å²) in [5.74, 6) is 0.571. The van der Waals surface area contributed by atoms with Gasteiger partial charge in [-0.25, -0.2) is 0 Å². The fraction of sp³-hybridized carbons (Fsp3) is 0.714. The molecule has 0 aliphatic heterocycles. The summed E-state index contributed by atoms with van der Waals surface area (Å²) in [5, 5.41) is 0. The first-order valence-electron chi connectivity index (χ1n) is 3.48. The molecule has 0 aromatic carbocycles. The molecule has 0 fully saturated rings. The first-order chi connectivity index (χ1) is 4.70. The predicted octanol–water partition coefficient (Wildman–Crippen LogP) is 0.731. The molecule has 0 heterocycles. The fourth-order valence-electron chi connectivity index (χ4n) is 0.613. The van der Waals surface area contributed by atoms with Crippen LogP contribution in [-0.4, -0.2) is 18.2 Å². The third-order valence-corrected chi connectivity index (χ3v) is 1.07. The molecule has 2 N–H and O–H groups in total. The van der Waals surface area contributed by atoms with Crippen molar-refractivity contribution >= 4 is 12.1 Å². The van der Waals surface area contributed by atoms with Gasteiger partial charge < -0.3 is 10.5 Å². The summed E-state index contributed by atoms with van der Waals surface area (Å²) in [6.45, 7) is 3.74. The first-order valence-corrected chi connectivity index (χ1v) is 3.48. The quantitative estimate of drug-likeness (QED) is 0.357. The lowest BCUT2D eigenvalue weighted by Crippen LogP contribution is -2.15. The first kappa shape index (κ1) is 9.14. The normalized spacial score (nSPS) is 14.8. The van der Waals surface area contributed by atoms with Gasteiger partial charge in [0.15, 0.2) is 0 Å². The number of hydrogen-bond donors (Lipinski definition) is 1. The second-order valence-electron chi connectivity index (χ2n) is 2.25. The van der Waals surface area contributed by atoms with Crippen molar-refractivity contribution in [1.82, 2.24) is 0 Å². The molecule has 1 atom stereocenters. The summed E-state index contributed by atoms with van der Waals surface area (Å²) in [4.78, 5) is 14.0. The van der Waals surface area contributed by atoms with Gasteiger partial charge in [0.1, 0.15) is 12.3 Å². The van der Waals surface area contributed by atoms with Crippen LogP contribution in [0.4, 0.5) is 0 Å². The van der Waals surface area contributed by atoms with E-state index < -0.39 is 0 Å². The minimum absolute atomic E-state index is 0.286. The molecule has 3 heteroatoms. The van der Waals surface area contributed by atoms with E-state index in [0.717, 1.165) is 19.1 Å². The molecule has 0 rings (SSSR count). The lowest BCUT2D eigenvalue weighted by atomic mass is 10.3. The molecular weight excluding hydrogens is 128 g/mol. The van der Waals surface area contributed by atoms with Crippen LogP contribution in [0, 0.1) is 0 Å². The summed E-state index contributed by atoms with van der Waals surface area (Å²) in [6.07, 6.45) is 2.53. The van der Waals surface area contributed by atoms with Crippen molar-refractivity contribution in [3.05, 3.63) is 0 Å². The topological polar surface area (TPSA) is 55.4 Å². The second-order valence-corrected chi connectivity index (χ2v) is 2.25. The monoisotopic (exact) mass is 142 g/mol. The Kier molecular flexibility index (Phi) is 4.54. The number of aldehydes is 1. The van der Waals surface area contributed by atoms with E-state index in [9.17, 15) is 4.79 Å². The summed E-state index contributed by atoms with van der Waals surface area (Å²) < 4.78 is 0. The van der Waals surface area contributed by atoms with Crippen molar-refractivity contribution in [1.29, 1.82) is 0 Å². The number of aliphatic imine (C=N–C) groups is 1. The average molecular weight is 142 g/mol. The van der Waals surface area contributed by atoms with Crippen LogP contribution >= 0.6 is 0 Å². The standard InChI is InChI=1S/C7H14N2O/c1-3-4-7(8)9-6(2)5-10/h5-6H,3-4H2,1-2H3,(H2,8,9). The molecule has 10 heavy (non-hydrogen) atoms.